The zero-order valence-corrected chi connectivity index (χ0v) is 29.4. The minimum absolute atomic E-state index is 0.177. The van der Waals surface area contributed by atoms with Gasteiger partial charge >= 0.3 is 5.97 Å². The first-order valence-electron chi connectivity index (χ1n) is 16.5. The number of hydrogen-bond donors (Lipinski definition) is 0. The van der Waals surface area contributed by atoms with E-state index < -0.39 is 15.4 Å². The van der Waals surface area contributed by atoms with E-state index in [0.717, 1.165) is 30.8 Å². The number of carbonyl (C=O) groups excluding carboxylic acids is 1. The van der Waals surface area contributed by atoms with Crippen LogP contribution in [-0.4, -0.2) is 40.2 Å². The van der Waals surface area contributed by atoms with Crippen molar-refractivity contribution in [2.45, 2.75) is 135 Å². The van der Waals surface area contributed by atoms with E-state index in [2.05, 4.69) is 47.0 Å². The highest BCUT2D eigenvalue weighted by Gasteiger charge is 2.55. The van der Waals surface area contributed by atoms with Crippen molar-refractivity contribution in [3.8, 4) is 17.2 Å². The molecule has 0 radical (unpaired) electrons. The second-order valence-corrected chi connectivity index (χ2v) is 28.1. The van der Waals surface area contributed by atoms with E-state index in [1.54, 1.807) is 12.1 Å². The van der Waals surface area contributed by atoms with Crippen LogP contribution in [-0.2, 0) is 4.43 Å². The van der Waals surface area contributed by atoms with Gasteiger partial charge in [0.15, 0.2) is 7.83 Å². The molecule has 2 aromatic rings. The fraction of sp³-hybridized carbons (Fsp3) is 0.629. The van der Waals surface area contributed by atoms with E-state index in [0.29, 0.717) is 23.5 Å². The van der Waals surface area contributed by atoms with Crippen molar-refractivity contribution < 1.29 is 23.4 Å². The van der Waals surface area contributed by atoms with Gasteiger partial charge < -0.3 is 18.6 Å². The fourth-order valence-electron chi connectivity index (χ4n) is 6.04. The molecule has 42 heavy (non-hydrogen) atoms. The summed E-state index contributed by atoms with van der Waals surface area (Å²) >= 11 is 0. The number of rotatable bonds is 17. The Morgan fingerprint density at radius 3 is 2.05 bits per heavy atom. The molecule has 1 heterocycles. The molecule has 1 saturated heterocycles. The van der Waals surface area contributed by atoms with Crippen LogP contribution in [0.1, 0.15) is 102 Å². The summed E-state index contributed by atoms with van der Waals surface area (Å²) in [6, 6.07) is 14.8. The summed E-state index contributed by atoms with van der Waals surface area (Å²) in [5.41, 5.74) is 1.07. The second-order valence-electron chi connectivity index (χ2n) is 13.2. The molecule has 0 N–H and O–H groups in total. The summed E-state index contributed by atoms with van der Waals surface area (Å²) in [5.74, 6) is 1.76. The molecule has 5 nitrogen and oxygen atoms in total. The van der Waals surface area contributed by atoms with Gasteiger partial charge in [-0.1, -0.05) is 71.9 Å². The molecule has 0 amide bonds. The van der Waals surface area contributed by atoms with Crippen molar-refractivity contribution in [3.05, 3.63) is 54.1 Å². The van der Waals surface area contributed by atoms with E-state index >= 15 is 0 Å². The van der Waals surface area contributed by atoms with Crippen LogP contribution in [0.25, 0.3) is 0 Å². The largest absolute Gasteiger partial charge is 0.494 e. The first-order chi connectivity index (χ1) is 20.1. The molecule has 0 spiro atoms. The smallest absolute Gasteiger partial charge is 0.343 e. The van der Waals surface area contributed by atoms with Gasteiger partial charge in [0.1, 0.15) is 17.2 Å². The summed E-state index contributed by atoms with van der Waals surface area (Å²) < 4.78 is 24.8. The van der Waals surface area contributed by atoms with Crippen molar-refractivity contribution in [1.82, 2.24) is 0 Å². The molecule has 3 rings (SSSR count). The zero-order valence-electron chi connectivity index (χ0n) is 27.4. The molecule has 1 aliphatic heterocycles. The Hall–Kier alpha value is -2.10. The Kier molecular flexibility index (Phi) is 13.7. The van der Waals surface area contributed by atoms with Gasteiger partial charge in [-0.15, -0.1) is 0 Å². The highest BCUT2D eigenvalue weighted by Crippen LogP contribution is 2.45. The molecule has 234 valence electrons. The normalized spacial score (nSPS) is 20.1. The van der Waals surface area contributed by atoms with Crippen LogP contribution in [0.2, 0.25) is 31.7 Å². The molecule has 0 aliphatic carbocycles. The van der Waals surface area contributed by atoms with E-state index in [1.165, 1.54) is 51.4 Å². The average molecular weight is 613 g/mol. The molecule has 2 aromatic carbocycles. The lowest BCUT2D eigenvalue weighted by Crippen LogP contribution is -2.66. The van der Waals surface area contributed by atoms with Gasteiger partial charge in [0.25, 0.3) is 0 Å². The molecule has 1 aliphatic rings. The van der Waals surface area contributed by atoms with Crippen molar-refractivity contribution in [2.75, 3.05) is 6.61 Å². The van der Waals surface area contributed by atoms with Crippen LogP contribution in [0, 0.1) is 0 Å². The first kappa shape index (κ1) is 34.4. The molecule has 3 atom stereocenters. The van der Waals surface area contributed by atoms with Crippen molar-refractivity contribution in [2.24, 2.45) is 0 Å². The zero-order chi connectivity index (χ0) is 30.6. The molecule has 3 unspecified atom stereocenters. The lowest BCUT2D eigenvalue weighted by Gasteiger charge is -2.52. The maximum absolute atomic E-state index is 12.9. The maximum Gasteiger partial charge on any atom is 0.343 e. The van der Waals surface area contributed by atoms with Gasteiger partial charge in [0, 0.05) is 6.10 Å². The third-order valence-electron chi connectivity index (χ3n) is 9.28. The molecular formula is C35H56O5Si2. The number of hydrogen-bond acceptors (Lipinski definition) is 5. The molecule has 0 bridgehead atoms. The summed E-state index contributed by atoms with van der Waals surface area (Å²) in [4.78, 5) is 12.9. The highest BCUT2D eigenvalue weighted by molar-refractivity contribution is 7.39. The predicted octanol–water partition coefficient (Wildman–Crippen LogP) is 10.1. The molecule has 7 heteroatoms. The van der Waals surface area contributed by atoms with E-state index in [1.807, 2.05) is 36.4 Å². The molecule has 0 aromatic heterocycles. The van der Waals surface area contributed by atoms with Crippen molar-refractivity contribution in [3.63, 3.8) is 0 Å². The van der Waals surface area contributed by atoms with Crippen LogP contribution in [0.3, 0.4) is 0 Å². The minimum Gasteiger partial charge on any atom is -0.494 e. The van der Waals surface area contributed by atoms with Crippen molar-refractivity contribution in [1.29, 1.82) is 0 Å². The van der Waals surface area contributed by atoms with Gasteiger partial charge in [0.05, 0.1) is 25.9 Å². The Morgan fingerprint density at radius 1 is 0.810 bits per heavy atom. The SMILES string of the molecule is CCCCCCCCOc1ccc(OC(=O)c2ccc(OC(CCCCC)C3CC(C)O[Si](C)(C)[Si]3(C)C)cc2)cc1. The summed E-state index contributed by atoms with van der Waals surface area (Å²) in [6.45, 7) is 17.3. The minimum atomic E-state index is -1.76. The third kappa shape index (κ3) is 9.98. The average Bonchev–Trinajstić information content (AvgIpc) is 2.95. The fourth-order valence-corrected chi connectivity index (χ4v) is 15.5. The van der Waals surface area contributed by atoms with E-state index in [9.17, 15) is 4.79 Å². The highest BCUT2D eigenvalue weighted by atomic mass is 29.3. The van der Waals surface area contributed by atoms with Crippen molar-refractivity contribution >= 4 is 21.4 Å². The van der Waals surface area contributed by atoms with Crippen LogP contribution < -0.4 is 14.2 Å². The van der Waals surface area contributed by atoms with Gasteiger partial charge in [-0.25, -0.2) is 4.79 Å². The van der Waals surface area contributed by atoms with Crippen LogP contribution in [0.5, 0.6) is 17.2 Å². The predicted molar refractivity (Wildman–Crippen MR) is 179 cm³/mol. The summed E-state index contributed by atoms with van der Waals surface area (Å²) in [7, 11) is -3.41. The molecular weight excluding hydrogens is 557 g/mol. The van der Waals surface area contributed by atoms with Crippen LogP contribution in [0.4, 0.5) is 0 Å². The standard InChI is InChI=1S/C35H56O5Si2/c1-8-10-12-13-14-16-26-37-30-22-24-32(25-23-30)39-35(36)29-18-20-31(21-19-29)38-33(17-15-11-9-2)34-27-28(3)40-42(6,7)41(34,4)5/h18-25,28,33-34H,8-17,26-27H2,1-7H3. The Balaban J connectivity index is 1.56. The monoisotopic (exact) mass is 612 g/mol. The first-order valence-corrected chi connectivity index (χ1v) is 23.5. The quantitative estimate of drug-likeness (QED) is 0.0770. The third-order valence-corrected chi connectivity index (χ3v) is 26.6. The Bertz CT molecular complexity index is 1070. The number of unbranched alkanes of at least 4 members (excludes halogenated alkanes) is 7. The molecule has 0 saturated carbocycles. The van der Waals surface area contributed by atoms with Crippen LogP contribution in [0.15, 0.2) is 48.5 Å². The van der Waals surface area contributed by atoms with Crippen LogP contribution >= 0.6 is 0 Å². The maximum atomic E-state index is 12.9. The van der Waals surface area contributed by atoms with E-state index in [4.69, 9.17) is 18.6 Å². The lowest BCUT2D eigenvalue weighted by molar-refractivity contribution is 0.0734. The van der Waals surface area contributed by atoms with Gasteiger partial charge in [-0.2, -0.15) is 0 Å². The lowest BCUT2D eigenvalue weighted by atomic mass is 10.0. The number of carbonyl (C=O) groups is 1. The second kappa shape index (κ2) is 16.7. The molecule has 1 fully saturated rings. The number of esters is 1. The Morgan fingerprint density at radius 2 is 1.38 bits per heavy atom. The number of ether oxygens (including phenoxy) is 3. The topological polar surface area (TPSA) is 54.0 Å². The summed E-state index contributed by atoms with van der Waals surface area (Å²) in [6.07, 6.45) is 13.6. The van der Waals surface area contributed by atoms with Gasteiger partial charge in [-0.05, 0) is 99.8 Å². The summed E-state index contributed by atoms with van der Waals surface area (Å²) in [5, 5.41) is 0. The van der Waals surface area contributed by atoms with E-state index in [-0.39, 0.29) is 18.2 Å². The van der Waals surface area contributed by atoms with Gasteiger partial charge in [0.2, 0.25) is 0 Å². The Labute approximate surface area is 257 Å². The number of benzene rings is 2. The van der Waals surface area contributed by atoms with Gasteiger partial charge in [-0.3, -0.25) is 0 Å².